The van der Waals surface area contributed by atoms with Crippen molar-refractivity contribution in [1.82, 2.24) is 9.88 Å². The van der Waals surface area contributed by atoms with Gasteiger partial charge in [0.15, 0.2) is 0 Å². The molecule has 2 heterocycles. The number of rotatable bonds is 2. The van der Waals surface area contributed by atoms with Gasteiger partial charge in [0.2, 0.25) is 0 Å². The van der Waals surface area contributed by atoms with Crippen molar-refractivity contribution < 1.29 is 14.7 Å². The van der Waals surface area contributed by atoms with Crippen LogP contribution in [-0.4, -0.2) is 40.0 Å². The zero-order valence-corrected chi connectivity index (χ0v) is 13.5. The number of carboxylic acid groups (broad SMARTS) is 1. The number of carbonyl (C=O) groups excluding carboxylic acids is 1. The molecular weight excluding hydrogens is 292 g/mol. The van der Waals surface area contributed by atoms with E-state index in [1.54, 1.807) is 12.1 Å². The molecule has 1 amide bonds. The Bertz CT molecular complexity index is 594. The predicted octanol–water partition coefficient (Wildman–Crippen LogP) is 3.36. The average molecular weight is 316 g/mol. The normalized spacial score (nSPS) is 21.0. The van der Waals surface area contributed by atoms with Gasteiger partial charge in [-0.25, -0.2) is 9.78 Å². The van der Waals surface area contributed by atoms with E-state index in [0.29, 0.717) is 5.41 Å². The maximum Gasteiger partial charge on any atom is 0.354 e. The third-order valence-electron chi connectivity index (χ3n) is 5.44. The molecule has 1 saturated heterocycles. The Morgan fingerprint density at radius 1 is 0.957 bits per heavy atom. The number of pyridine rings is 1. The minimum absolute atomic E-state index is 0.0746. The minimum atomic E-state index is -1.10. The fourth-order valence-corrected chi connectivity index (χ4v) is 4.09. The second kappa shape index (κ2) is 6.69. The summed E-state index contributed by atoms with van der Waals surface area (Å²) in [7, 11) is 0. The number of carbonyl (C=O) groups is 2. The quantitative estimate of drug-likeness (QED) is 0.908. The Morgan fingerprint density at radius 2 is 1.65 bits per heavy atom. The fraction of sp³-hybridized carbons (Fsp3) is 0.611. The first-order chi connectivity index (χ1) is 11.1. The molecule has 5 nitrogen and oxygen atoms in total. The highest BCUT2D eigenvalue weighted by Gasteiger charge is 2.35. The molecule has 5 heteroatoms. The van der Waals surface area contributed by atoms with Crippen molar-refractivity contribution in [3.05, 3.63) is 29.6 Å². The van der Waals surface area contributed by atoms with Gasteiger partial charge in [0.05, 0.1) is 0 Å². The molecule has 1 N–H and O–H groups in total. The third kappa shape index (κ3) is 3.54. The summed E-state index contributed by atoms with van der Waals surface area (Å²) in [6.07, 6.45) is 9.87. The molecule has 1 aromatic rings. The number of hydrogen-bond acceptors (Lipinski definition) is 3. The van der Waals surface area contributed by atoms with Crippen LogP contribution in [0.4, 0.5) is 0 Å². The van der Waals surface area contributed by atoms with Crippen LogP contribution in [0.5, 0.6) is 0 Å². The number of aromatic carboxylic acids is 1. The SMILES string of the molecule is O=C(O)c1cccc(C(=O)N2CCCC3(CCCCC3)CC2)n1. The lowest BCUT2D eigenvalue weighted by molar-refractivity contribution is 0.0689. The van der Waals surface area contributed by atoms with Gasteiger partial charge in [-0.2, -0.15) is 0 Å². The number of amides is 1. The highest BCUT2D eigenvalue weighted by atomic mass is 16.4. The van der Waals surface area contributed by atoms with E-state index in [9.17, 15) is 9.59 Å². The molecule has 2 fully saturated rings. The van der Waals surface area contributed by atoms with Crippen LogP contribution >= 0.6 is 0 Å². The van der Waals surface area contributed by atoms with E-state index in [1.165, 1.54) is 44.6 Å². The van der Waals surface area contributed by atoms with Crippen LogP contribution in [0, 0.1) is 5.41 Å². The lowest BCUT2D eigenvalue weighted by Gasteiger charge is -2.36. The van der Waals surface area contributed by atoms with E-state index in [4.69, 9.17) is 5.11 Å². The van der Waals surface area contributed by atoms with Gasteiger partial charge in [-0.3, -0.25) is 4.79 Å². The molecule has 0 radical (unpaired) electrons. The summed E-state index contributed by atoms with van der Waals surface area (Å²) in [5.74, 6) is -1.24. The summed E-state index contributed by atoms with van der Waals surface area (Å²) >= 11 is 0. The Kier molecular flexibility index (Phi) is 4.64. The van der Waals surface area contributed by atoms with Crippen LogP contribution in [0.15, 0.2) is 18.2 Å². The molecule has 124 valence electrons. The molecule has 2 aliphatic rings. The van der Waals surface area contributed by atoms with Gasteiger partial charge in [0.1, 0.15) is 11.4 Å². The Morgan fingerprint density at radius 3 is 2.39 bits per heavy atom. The second-order valence-corrected chi connectivity index (χ2v) is 6.92. The number of nitrogens with zero attached hydrogens (tertiary/aromatic N) is 2. The summed E-state index contributed by atoms with van der Waals surface area (Å²) in [5, 5.41) is 9.02. The van der Waals surface area contributed by atoms with Crippen molar-refractivity contribution in [3.8, 4) is 0 Å². The molecule has 0 unspecified atom stereocenters. The zero-order valence-electron chi connectivity index (χ0n) is 13.5. The lowest BCUT2D eigenvalue weighted by atomic mass is 9.69. The molecule has 1 spiro atoms. The standard InChI is InChI=1S/C18H24N2O3/c21-16(14-6-4-7-15(19-14)17(22)23)20-12-5-10-18(11-13-20)8-2-1-3-9-18/h4,6-7H,1-3,5,8-13H2,(H,22,23). The van der Waals surface area contributed by atoms with Gasteiger partial charge in [-0.1, -0.05) is 25.3 Å². The van der Waals surface area contributed by atoms with Crippen LogP contribution in [-0.2, 0) is 0 Å². The van der Waals surface area contributed by atoms with Crippen LogP contribution in [0.3, 0.4) is 0 Å². The summed E-state index contributed by atoms with van der Waals surface area (Å²) in [6.45, 7) is 1.51. The fourth-order valence-electron chi connectivity index (χ4n) is 4.09. The molecule has 1 saturated carbocycles. The van der Waals surface area contributed by atoms with Crippen molar-refractivity contribution in [1.29, 1.82) is 0 Å². The third-order valence-corrected chi connectivity index (χ3v) is 5.44. The molecule has 3 rings (SSSR count). The van der Waals surface area contributed by atoms with Crippen LogP contribution in [0.2, 0.25) is 0 Å². The maximum absolute atomic E-state index is 12.7. The molecule has 0 bridgehead atoms. The Hall–Kier alpha value is -1.91. The van der Waals surface area contributed by atoms with E-state index in [-0.39, 0.29) is 17.3 Å². The van der Waals surface area contributed by atoms with Gasteiger partial charge >= 0.3 is 5.97 Å². The highest BCUT2D eigenvalue weighted by molar-refractivity contribution is 5.94. The van der Waals surface area contributed by atoms with E-state index in [0.717, 1.165) is 25.9 Å². The largest absolute Gasteiger partial charge is 0.477 e. The summed E-state index contributed by atoms with van der Waals surface area (Å²) in [6, 6.07) is 4.61. The average Bonchev–Trinajstić information content (AvgIpc) is 2.78. The Balaban J connectivity index is 1.70. The Labute approximate surface area is 136 Å². The zero-order chi connectivity index (χ0) is 16.3. The van der Waals surface area contributed by atoms with Gasteiger partial charge in [0.25, 0.3) is 5.91 Å². The first-order valence-electron chi connectivity index (χ1n) is 8.59. The summed E-state index contributed by atoms with van der Waals surface area (Å²) < 4.78 is 0. The lowest BCUT2D eigenvalue weighted by Crippen LogP contribution is -2.34. The monoisotopic (exact) mass is 316 g/mol. The van der Waals surface area contributed by atoms with E-state index in [2.05, 4.69) is 4.98 Å². The van der Waals surface area contributed by atoms with Crippen molar-refractivity contribution in [2.75, 3.05) is 13.1 Å². The molecule has 1 aromatic heterocycles. The van der Waals surface area contributed by atoms with Crippen molar-refractivity contribution in [2.24, 2.45) is 5.41 Å². The van der Waals surface area contributed by atoms with Crippen molar-refractivity contribution in [3.63, 3.8) is 0 Å². The number of carboxylic acids is 1. The molecule has 1 aliphatic heterocycles. The van der Waals surface area contributed by atoms with Gasteiger partial charge < -0.3 is 10.0 Å². The van der Waals surface area contributed by atoms with E-state index in [1.807, 2.05) is 4.90 Å². The maximum atomic E-state index is 12.7. The first-order valence-corrected chi connectivity index (χ1v) is 8.59. The topological polar surface area (TPSA) is 70.5 Å². The molecule has 0 atom stereocenters. The first kappa shape index (κ1) is 16.0. The van der Waals surface area contributed by atoms with Crippen molar-refractivity contribution in [2.45, 2.75) is 51.4 Å². The van der Waals surface area contributed by atoms with Crippen LogP contribution in [0.25, 0.3) is 0 Å². The van der Waals surface area contributed by atoms with E-state index < -0.39 is 5.97 Å². The van der Waals surface area contributed by atoms with Gasteiger partial charge in [-0.05, 0) is 49.7 Å². The number of aromatic nitrogens is 1. The predicted molar refractivity (Wildman–Crippen MR) is 86.5 cm³/mol. The molecule has 23 heavy (non-hydrogen) atoms. The smallest absolute Gasteiger partial charge is 0.354 e. The van der Waals surface area contributed by atoms with Gasteiger partial charge in [0, 0.05) is 13.1 Å². The summed E-state index contributed by atoms with van der Waals surface area (Å²) in [5.41, 5.74) is 0.600. The second-order valence-electron chi connectivity index (χ2n) is 6.92. The molecule has 0 aromatic carbocycles. The van der Waals surface area contributed by atoms with Crippen molar-refractivity contribution >= 4 is 11.9 Å². The summed E-state index contributed by atoms with van der Waals surface area (Å²) in [4.78, 5) is 29.5. The molecular formula is C18H24N2O3. The van der Waals surface area contributed by atoms with E-state index >= 15 is 0 Å². The number of likely N-dealkylation sites (tertiary alicyclic amines) is 1. The highest BCUT2D eigenvalue weighted by Crippen LogP contribution is 2.44. The van der Waals surface area contributed by atoms with Crippen LogP contribution in [0.1, 0.15) is 72.3 Å². The van der Waals surface area contributed by atoms with Gasteiger partial charge in [-0.15, -0.1) is 0 Å². The minimum Gasteiger partial charge on any atom is -0.477 e. The number of hydrogen-bond donors (Lipinski definition) is 1. The van der Waals surface area contributed by atoms with Crippen LogP contribution < -0.4 is 0 Å². The molecule has 1 aliphatic carbocycles.